The van der Waals surface area contributed by atoms with E-state index in [1.54, 1.807) is 0 Å². The average molecular weight is 518 g/mol. The molecule has 0 amide bonds. The zero-order chi connectivity index (χ0) is 19.9. The molecule has 164 valence electrons. The minimum atomic E-state index is 0. The zero-order valence-electron chi connectivity index (χ0n) is 18.0. The van der Waals surface area contributed by atoms with E-state index in [-0.39, 0.29) is 36.2 Å². The molecular formula is C21H35IN4O3. The number of halogens is 1. The van der Waals surface area contributed by atoms with Gasteiger partial charge in [-0.2, -0.15) is 0 Å². The minimum Gasteiger partial charge on any atom is -0.494 e. The molecule has 0 saturated carbocycles. The Bertz CT molecular complexity index is 686. The molecule has 1 aromatic rings. The Balaban J connectivity index is 0.00000300. The van der Waals surface area contributed by atoms with Crippen LogP contribution < -0.4 is 20.1 Å². The molecule has 7 nitrogen and oxygen atoms in total. The highest BCUT2D eigenvalue weighted by Gasteiger charge is 2.22. The van der Waals surface area contributed by atoms with Crippen LogP contribution in [0, 0.1) is 0 Å². The lowest BCUT2D eigenvalue weighted by molar-refractivity contribution is -0.0161. The zero-order valence-corrected chi connectivity index (χ0v) is 20.3. The summed E-state index contributed by atoms with van der Waals surface area (Å²) in [6, 6.07) is 4.19. The Morgan fingerprint density at radius 1 is 1.31 bits per heavy atom. The first-order valence-corrected chi connectivity index (χ1v) is 10.4. The predicted octanol–water partition coefficient (Wildman–Crippen LogP) is 2.41. The lowest BCUT2D eigenvalue weighted by Crippen LogP contribution is -2.48. The smallest absolute Gasteiger partial charge is 0.191 e. The van der Waals surface area contributed by atoms with Crippen molar-refractivity contribution in [1.29, 1.82) is 0 Å². The van der Waals surface area contributed by atoms with Crippen molar-refractivity contribution >= 4 is 29.9 Å². The number of aliphatic imine (C=N–C) groups is 1. The number of hydrogen-bond donors (Lipinski definition) is 2. The van der Waals surface area contributed by atoms with Crippen LogP contribution in [0.3, 0.4) is 0 Å². The van der Waals surface area contributed by atoms with Crippen molar-refractivity contribution in [3.05, 3.63) is 23.3 Å². The largest absolute Gasteiger partial charge is 0.494 e. The first-order chi connectivity index (χ1) is 13.6. The third-order valence-corrected chi connectivity index (χ3v) is 4.97. The summed E-state index contributed by atoms with van der Waals surface area (Å²) >= 11 is 0. The van der Waals surface area contributed by atoms with Crippen LogP contribution in [-0.2, 0) is 17.7 Å². The van der Waals surface area contributed by atoms with E-state index in [1.165, 1.54) is 5.56 Å². The number of nitrogens with one attached hydrogen (secondary N) is 2. The number of fused-ring (bicyclic) bond motifs is 1. The molecule has 2 atom stereocenters. The van der Waals surface area contributed by atoms with E-state index in [2.05, 4.69) is 48.6 Å². The first kappa shape index (κ1) is 24.0. The maximum absolute atomic E-state index is 5.92. The van der Waals surface area contributed by atoms with Crippen LogP contribution in [-0.4, -0.2) is 69.5 Å². The van der Waals surface area contributed by atoms with Gasteiger partial charge in [-0.25, -0.2) is 4.99 Å². The second-order valence-corrected chi connectivity index (χ2v) is 7.46. The summed E-state index contributed by atoms with van der Waals surface area (Å²) in [5, 5.41) is 6.72. The van der Waals surface area contributed by atoms with Crippen molar-refractivity contribution in [2.24, 2.45) is 4.99 Å². The molecule has 1 aromatic carbocycles. The molecule has 8 heteroatoms. The Morgan fingerprint density at radius 3 is 2.86 bits per heavy atom. The van der Waals surface area contributed by atoms with Gasteiger partial charge in [0.2, 0.25) is 0 Å². The van der Waals surface area contributed by atoms with Crippen LogP contribution in [0.25, 0.3) is 0 Å². The molecule has 3 rings (SSSR count). The van der Waals surface area contributed by atoms with E-state index >= 15 is 0 Å². The molecule has 0 aromatic heterocycles. The topological polar surface area (TPSA) is 67.4 Å². The highest BCUT2D eigenvalue weighted by Crippen LogP contribution is 2.35. The Labute approximate surface area is 191 Å². The molecule has 2 N–H and O–H groups in total. The molecule has 0 radical (unpaired) electrons. The van der Waals surface area contributed by atoms with E-state index in [4.69, 9.17) is 19.2 Å². The fraction of sp³-hybridized carbons (Fsp3) is 0.667. The van der Waals surface area contributed by atoms with Crippen LogP contribution in [0.5, 0.6) is 11.5 Å². The van der Waals surface area contributed by atoms with Gasteiger partial charge in [0.25, 0.3) is 0 Å². The fourth-order valence-corrected chi connectivity index (χ4v) is 3.60. The summed E-state index contributed by atoms with van der Waals surface area (Å²) in [5.41, 5.74) is 2.26. The molecule has 0 bridgehead atoms. The molecule has 2 aliphatic rings. The van der Waals surface area contributed by atoms with Crippen molar-refractivity contribution < 1.29 is 14.2 Å². The van der Waals surface area contributed by atoms with Gasteiger partial charge in [0.05, 0.1) is 25.9 Å². The number of likely N-dealkylation sites (N-methyl/N-ethyl adjacent to an activating group) is 1. The number of nitrogens with zero attached hydrogens (tertiary/aromatic N) is 2. The van der Waals surface area contributed by atoms with Crippen molar-refractivity contribution in [1.82, 2.24) is 15.5 Å². The molecule has 2 heterocycles. The van der Waals surface area contributed by atoms with Crippen LogP contribution in [0.2, 0.25) is 0 Å². The van der Waals surface area contributed by atoms with Gasteiger partial charge < -0.3 is 29.7 Å². The number of morpholine rings is 1. The second kappa shape index (κ2) is 11.8. The Morgan fingerprint density at radius 2 is 2.14 bits per heavy atom. The highest BCUT2D eigenvalue weighted by molar-refractivity contribution is 14.0. The fourth-order valence-electron chi connectivity index (χ4n) is 3.60. The van der Waals surface area contributed by atoms with Gasteiger partial charge in [0.15, 0.2) is 5.96 Å². The van der Waals surface area contributed by atoms with Crippen molar-refractivity contribution in [2.45, 2.75) is 45.9 Å². The summed E-state index contributed by atoms with van der Waals surface area (Å²) in [7, 11) is 2.13. The van der Waals surface area contributed by atoms with Gasteiger partial charge in [-0.15, -0.1) is 24.0 Å². The van der Waals surface area contributed by atoms with Gasteiger partial charge in [-0.1, -0.05) is 0 Å². The second-order valence-electron chi connectivity index (χ2n) is 7.46. The maximum Gasteiger partial charge on any atom is 0.191 e. The lowest BCUT2D eigenvalue weighted by Gasteiger charge is -2.30. The molecule has 2 aliphatic heterocycles. The molecule has 29 heavy (non-hydrogen) atoms. The van der Waals surface area contributed by atoms with Gasteiger partial charge in [-0.3, -0.25) is 0 Å². The van der Waals surface area contributed by atoms with Gasteiger partial charge in [-0.05, 0) is 40.0 Å². The SMILES string of the molecule is CCNC(=NCc1cc2c(cc1OCC)CC(C)O2)NCC1CN(C)CCO1.I. The van der Waals surface area contributed by atoms with Crippen LogP contribution >= 0.6 is 24.0 Å². The number of benzene rings is 1. The van der Waals surface area contributed by atoms with E-state index in [9.17, 15) is 0 Å². The molecule has 0 aliphatic carbocycles. The molecule has 0 spiro atoms. The minimum absolute atomic E-state index is 0. The molecular weight excluding hydrogens is 483 g/mol. The van der Waals surface area contributed by atoms with Crippen LogP contribution in [0.1, 0.15) is 31.9 Å². The third-order valence-electron chi connectivity index (χ3n) is 4.97. The molecule has 1 saturated heterocycles. The molecule has 2 unspecified atom stereocenters. The Hall–Kier alpha value is -1.26. The van der Waals surface area contributed by atoms with Crippen LogP contribution in [0.4, 0.5) is 0 Å². The quantitative estimate of drug-likeness (QED) is 0.329. The highest BCUT2D eigenvalue weighted by atomic mass is 127. The van der Waals surface area contributed by atoms with Crippen molar-refractivity contribution in [3.63, 3.8) is 0 Å². The lowest BCUT2D eigenvalue weighted by atomic mass is 10.1. The third kappa shape index (κ3) is 6.89. The monoisotopic (exact) mass is 518 g/mol. The summed E-state index contributed by atoms with van der Waals surface area (Å²) in [4.78, 5) is 7.06. The van der Waals surface area contributed by atoms with Gasteiger partial charge >= 0.3 is 0 Å². The summed E-state index contributed by atoms with van der Waals surface area (Å²) in [6.45, 7) is 11.6. The summed E-state index contributed by atoms with van der Waals surface area (Å²) in [6.07, 6.45) is 1.33. The number of rotatable bonds is 7. The van der Waals surface area contributed by atoms with Crippen molar-refractivity contribution in [2.75, 3.05) is 46.4 Å². The number of guanidine groups is 1. The molecule has 1 fully saturated rings. The van der Waals surface area contributed by atoms with E-state index in [1.807, 2.05) is 6.92 Å². The first-order valence-electron chi connectivity index (χ1n) is 10.4. The van der Waals surface area contributed by atoms with Gasteiger partial charge in [0, 0.05) is 43.7 Å². The average Bonchev–Trinajstić information content (AvgIpc) is 3.03. The standard InChI is InChI=1S/C21H34N4O3.HI/c1-5-22-21(24-13-18-14-25(4)7-8-27-18)23-12-17-11-20-16(9-15(3)28-20)10-19(17)26-6-2;/h10-11,15,18H,5-9,12-14H2,1-4H3,(H2,22,23,24);1H. The predicted molar refractivity (Wildman–Crippen MR) is 127 cm³/mol. The van der Waals surface area contributed by atoms with E-state index in [0.29, 0.717) is 13.2 Å². The maximum atomic E-state index is 5.92. The van der Waals surface area contributed by atoms with E-state index < -0.39 is 0 Å². The normalized spacial score (nSPS) is 21.7. The van der Waals surface area contributed by atoms with Gasteiger partial charge in [0.1, 0.15) is 17.6 Å². The number of hydrogen-bond acceptors (Lipinski definition) is 5. The van der Waals surface area contributed by atoms with Crippen molar-refractivity contribution in [3.8, 4) is 11.5 Å². The summed E-state index contributed by atoms with van der Waals surface area (Å²) in [5.74, 6) is 2.64. The van der Waals surface area contributed by atoms with E-state index in [0.717, 1.165) is 62.2 Å². The number of ether oxygens (including phenoxy) is 3. The summed E-state index contributed by atoms with van der Waals surface area (Å²) < 4.78 is 17.6. The van der Waals surface area contributed by atoms with Crippen LogP contribution in [0.15, 0.2) is 17.1 Å². The Kier molecular flexibility index (Phi) is 9.78.